The Kier molecular flexibility index (Phi) is 4.57. The van der Waals surface area contributed by atoms with Crippen LogP contribution in [0.3, 0.4) is 0 Å². The van der Waals surface area contributed by atoms with Crippen molar-refractivity contribution in [2.75, 3.05) is 6.61 Å². The van der Waals surface area contributed by atoms with E-state index < -0.39 is 0 Å². The fourth-order valence-electron chi connectivity index (χ4n) is 2.61. The van der Waals surface area contributed by atoms with Crippen LogP contribution in [0.4, 0.5) is 0 Å². The third-order valence-electron chi connectivity index (χ3n) is 3.73. The Hall–Kier alpha value is -2.40. The van der Waals surface area contributed by atoms with E-state index in [-0.39, 0.29) is 24.8 Å². The van der Waals surface area contributed by atoms with E-state index >= 15 is 0 Å². The van der Waals surface area contributed by atoms with Crippen LogP contribution >= 0.6 is 11.3 Å². The number of nitrogens with one attached hydrogen (secondary N) is 1. The van der Waals surface area contributed by atoms with Crippen LogP contribution in [0.1, 0.15) is 28.0 Å². The third kappa shape index (κ3) is 3.51. The van der Waals surface area contributed by atoms with Crippen LogP contribution in [0.25, 0.3) is 10.9 Å². The van der Waals surface area contributed by atoms with E-state index in [0.717, 1.165) is 22.2 Å². The number of ketones is 1. The van der Waals surface area contributed by atoms with Gasteiger partial charge in [0.25, 0.3) is 0 Å². The molecule has 1 N–H and O–H groups in total. The lowest BCUT2D eigenvalue weighted by molar-refractivity contribution is -0.142. The van der Waals surface area contributed by atoms with Crippen molar-refractivity contribution in [2.24, 2.45) is 0 Å². The smallest absolute Gasteiger partial charge is 0.306 e. The molecule has 0 atom stereocenters. The summed E-state index contributed by atoms with van der Waals surface area (Å²) >= 11 is 1.60. The first-order valence-electron chi connectivity index (χ1n) is 7.42. The molecule has 2 aromatic heterocycles. The summed E-state index contributed by atoms with van der Waals surface area (Å²) < 4.78 is 5.13. The van der Waals surface area contributed by atoms with E-state index in [4.69, 9.17) is 4.74 Å². The number of benzene rings is 1. The highest BCUT2D eigenvalue weighted by molar-refractivity contribution is 7.07. The molecule has 0 aliphatic heterocycles. The molecule has 1 aromatic carbocycles. The summed E-state index contributed by atoms with van der Waals surface area (Å²) in [5.74, 6) is -0.522. The molecule has 3 rings (SSSR count). The summed E-state index contributed by atoms with van der Waals surface area (Å²) in [5, 5.41) is 4.85. The lowest BCUT2D eigenvalue weighted by Gasteiger charge is -2.04. The molecule has 0 fully saturated rings. The van der Waals surface area contributed by atoms with Crippen LogP contribution in [-0.4, -0.2) is 23.3 Å². The van der Waals surface area contributed by atoms with E-state index in [9.17, 15) is 9.59 Å². The maximum absolute atomic E-state index is 12.4. The van der Waals surface area contributed by atoms with Crippen LogP contribution in [0.15, 0.2) is 41.1 Å². The summed E-state index contributed by atoms with van der Waals surface area (Å²) in [6.07, 6.45) is 0.930. The average Bonchev–Trinajstić information content (AvgIpc) is 3.17. The molecule has 3 aromatic rings. The number of aromatic nitrogens is 1. The zero-order valence-electron chi connectivity index (χ0n) is 12.8. The summed E-state index contributed by atoms with van der Waals surface area (Å²) in [5.41, 5.74) is 3.43. The summed E-state index contributed by atoms with van der Waals surface area (Å²) in [6.45, 7) is 1.64. The molecule has 2 heterocycles. The van der Waals surface area contributed by atoms with E-state index in [1.807, 2.05) is 48.0 Å². The Morgan fingerprint density at radius 2 is 2.04 bits per heavy atom. The predicted octanol–water partition coefficient (Wildman–Crippen LogP) is 3.90. The Labute approximate surface area is 138 Å². The number of para-hydroxylation sites is 1. The Balaban J connectivity index is 1.60. The van der Waals surface area contributed by atoms with Crippen molar-refractivity contribution in [3.63, 3.8) is 0 Å². The third-order valence-corrected chi connectivity index (χ3v) is 4.47. The highest BCUT2D eigenvalue weighted by Crippen LogP contribution is 2.22. The number of carbonyl (C=O) groups excluding carboxylic acids is 2. The van der Waals surface area contributed by atoms with Crippen LogP contribution < -0.4 is 0 Å². The molecule has 0 unspecified atom stereocenters. The Morgan fingerprint density at radius 3 is 2.83 bits per heavy atom. The van der Waals surface area contributed by atoms with E-state index in [1.165, 1.54) is 0 Å². The predicted molar refractivity (Wildman–Crippen MR) is 91.0 cm³/mol. The normalized spacial score (nSPS) is 10.8. The van der Waals surface area contributed by atoms with Crippen molar-refractivity contribution in [3.8, 4) is 0 Å². The molecule has 0 bridgehead atoms. The zero-order chi connectivity index (χ0) is 16.2. The SMILES string of the molecule is Cc1[nH]c2ccccc2c1C(=O)COC(=O)CCc1ccsc1. The van der Waals surface area contributed by atoms with E-state index in [0.29, 0.717) is 12.0 Å². The topological polar surface area (TPSA) is 59.2 Å². The average molecular weight is 327 g/mol. The number of aryl methyl sites for hydroxylation is 2. The maximum Gasteiger partial charge on any atom is 0.306 e. The van der Waals surface area contributed by atoms with Crippen LogP contribution in [-0.2, 0) is 16.0 Å². The molecule has 0 aliphatic rings. The van der Waals surface area contributed by atoms with Gasteiger partial charge in [-0.05, 0) is 41.8 Å². The molecule has 5 heteroatoms. The summed E-state index contributed by atoms with van der Waals surface area (Å²) in [4.78, 5) is 27.3. The number of esters is 1. The molecule has 4 nitrogen and oxygen atoms in total. The van der Waals surface area contributed by atoms with Gasteiger partial charge in [-0.2, -0.15) is 11.3 Å². The van der Waals surface area contributed by atoms with Crippen LogP contribution in [0.2, 0.25) is 0 Å². The first kappa shape index (κ1) is 15.5. The molecule has 118 valence electrons. The second-order valence-corrected chi connectivity index (χ2v) is 6.17. The number of hydrogen-bond donors (Lipinski definition) is 1. The van der Waals surface area contributed by atoms with Crippen LogP contribution in [0, 0.1) is 6.92 Å². The van der Waals surface area contributed by atoms with Crippen molar-refractivity contribution in [3.05, 3.63) is 57.9 Å². The lowest BCUT2D eigenvalue weighted by Crippen LogP contribution is -2.15. The number of hydrogen-bond acceptors (Lipinski definition) is 4. The van der Waals surface area contributed by atoms with Crippen molar-refractivity contribution in [1.29, 1.82) is 0 Å². The highest BCUT2D eigenvalue weighted by Gasteiger charge is 2.17. The number of thiophene rings is 1. The van der Waals surface area contributed by atoms with Gasteiger partial charge in [0.1, 0.15) is 0 Å². The Bertz CT molecular complexity index is 833. The quantitative estimate of drug-likeness (QED) is 0.552. The van der Waals surface area contributed by atoms with Crippen molar-refractivity contribution < 1.29 is 14.3 Å². The largest absolute Gasteiger partial charge is 0.457 e. The summed E-state index contributed by atoms with van der Waals surface area (Å²) in [7, 11) is 0. The number of fused-ring (bicyclic) bond motifs is 1. The molecule has 0 spiro atoms. The van der Waals surface area contributed by atoms with Crippen LogP contribution in [0.5, 0.6) is 0 Å². The second-order valence-electron chi connectivity index (χ2n) is 5.39. The maximum atomic E-state index is 12.4. The van der Waals surface area contributed by atoms with Gasteiger partial charge < -0.3 is 9.72 Å². The second kappa shape index (κ2) is 6.79. The minimum Gasteiger partial charge on any atom is -0.457 e. The molecule has 0 saturated carbocycles. The van der Waals surface area contributed by atoms with Gasteiger partial charge in [-0.15, -0.1) is 0 Å². The molecular formula is C18H17NO3S. The number of ether oxygens (including phenoxy) is 1. The molecule has 0 amide bonds. The van der Waals surface area contributed by atoms with Gasteiger partial charge in [0, 0.05) is 28.6 Å². The molecular weight excluding hydrogens is 310 g/mol. The fourth-order valence-corrected chi connectivity index (χ4v) is 3.31. The highest BCUT2D eigenvalue weighted by atomic mass is 32.1. The lowest BCUT2D eigenvalue weighted by atomic mass is 10.1. The van der Waals surface area contributed by atoms with Gasteiger partial charge >= 0.3 is 5.97 Å². The van der Waals surface area contributed by atoms with E-state index in [1.54, 1.807) is 11.3 Å². The summed E-state index contributed by atoms with van der Waals surface area (Å²) in [6, 6.07) is 9.60. The minimum absolute atomic E-state index is 0.177. The monoisotopic (exact) mass is 327 g/mol. The van der Waals surface area contributed by atoms with E-state index in [2.05, 4.69) is 4.98 Å². The first-order valence-corrected chi connectivity index (χ1v) is 8.36. The van der Waals surface area contributed by atoms with Gasteiger partial charge in [-0.1, -0.05) is 18.2 Å². The molecule has 0 radical (unpaired) electrons. The zero-order valence-corrected chi connectivity index (χ0v) is 13.6. The van der Waals surface area contributed by atoms with Crippen molar-refractivity contribution >= 4 is 34.0 Å². The van der Waals surface area contributed by atoms with Gasteiger partial charge in [0.15, 0.2) is 6.61 Å². The Morgan fingerprint density at radius 1 is 1.22 bits per heavy atom. The molecule has 0 aliphatic carbocycles. The van der Waals surface area contributed by atoms with Gasteiger partial charge in [0.2, 0.25) is 5.78 Å². The number of H-pyrrole nitrogens is 1. The van der Waals surface area contributed by atoms with Gasteiger partial charge in [-0.25, -0.2) is 0 Å². The standard InChI is InChI=1S/C18H17NO3S/c1-12-18(14-4-2-3-5-15(14)19-12)16(20)10-22-17(21)7-6-13-8-9-23-11-13/h2-5,8-9,11,19H,6-7,10H2,1H3. The van der Waals surface area contributed by atoms with Crippen molar-refractivity contribution in [1.82, 2.24) is 4.98 Å². The first-order chi connectivity index (χ1) is 11.1. The molecule has 0 saturated heterocycles. The number of rotatable bonds is 6. The van der Waals surface area contributed by atoms with Gasteiger partial charge in [-0.3, -0.25) is 9.59 Å². The molecule has 23 heavy (non-hydrogen) atoms. The number of carbonyl (C=O) groups is 2. The number of aromatic amines is 1. The van der Waals surface area contributed by atoms with Gasteiger partial charge in [0.05, 0.1) is 0 Å². The fraction of sp³-hybridized carbons (Fsp3) is 0.222. The van der Waals surface area contributed by atoms with Crippen molar-refractivity contribution in [2.45, 2.75) is 19.8 Å². The minimum atomic E-state index is -0.345. The number of Topliss-reactive ketones (excluding diaryl/α,β-unsaturated/α-hetero) is 1.